The van der Waals surface area contributed by atoms with Gasteiger partial charge in [-0.05, 0) is 60.4 Å². The molecule has 10 nitrogen and oxygen atoms in total. The van der Waals surface area contributed by atoms with Crippen LogP contribution in [-0.2, 0) is 22.6 Å². The molecule has 0 saturated heterocycles. The molecule has 0 aliphatic carbocycles. The largest absolute Gasteiger partial charge is 0.465 e. The monoisotopic (exact) mass is 493 g/mol. The van der Waals surface area contributed by atoms with Crippen molar-refractivity contribution in [2.45, 2.75) is 45.7 Å². The van der Waals surface area contributed by atoms with Crippen molar-refractivity contribution in [3.63, 3.8) is 0 Å². The molecule has 0 spiro atoms. The third kappa shape index (κ3) is 7.08. The maximum Gasteiger partial charge on any atom is 0.405 e. The fourth-order valence-electron chi connectivity index (χ4n) is 4.01. The van der Waals surface area contributed by atoms with E-state index in [0.29, 0.717) is 5.92 Å². The maximum absolute atomic E-state index is 13.1. The lowest BCUT2D eigenvalue weighted by Crippen LogP contribution is -2.44. The lowest BCUT2D eigenvalue weighted by Gasteiger charge is -2.16. The number of hydrogen-bond acceptors (Lipinski definition) is 4. The standard InChI is InChI=1S/C26H31N5O5/c1-16(2)13-17-7-5-8-18-14-19(28-23(17)18)15-31-12-6-10-21(25(31)34)29-24(33)20(30-26(35)36)9-3-4-11-22(27)32/h4-8,10-12,14,16,20,28,30H,3,9,13,15H2,1-2H3,(H2,27,32)(H,29,33)(H,35,36). The number of allylic oxidation sites excluding steroid dienone is 1. The van der Waals surface area contributed by atoms with Gasteiger partial charge in [-0.2, -0.15) is 0 Å². The average Bonchev–Trinajstić information content (AvgIpc) is 3.21. The molecule has 1 aromatic carbocycles. The van der Waals surface area contributed by atoms with Crippen molar-refractivity contribution in [2.75, 3.05) is 5.32 Å². The molecular formula is C26H31N5O5. The van der Waals surface area contributed by atoms with E-state index in [2.05, 4.69) is 35.5 Å². The van der Waals surface area contributed by atoms with Crippen LogP contribution in [-0.4, -0.2) is 38.6 Å². The minimum Gasteiger partial charge on any atom is -0.465 e. The van der Waals surface area contributed by atoms with E-state index >= 15 is 0 Å². The van der Waals surface area contributed by atoms with E-state index in [9.17, 15) is 19.2 Å². The molecule has 0 aliphatic rings. The summed E-state index contributed by atoms with van der Waals surface area (Å²) in [5.74, 6) is -0.814. The van der Waals surface area contributed by atoms with Crippen LogP contribution in [0.4, 0.5) is 10.5 Å². The van der Waals surface area contributed by atoms with Gasteiger partial charge in [0.1, 0.15) is 11.7 Å². The third-order valence-corrected chi connectivity index (χ3v) is 5.56. The van der Waals surface area contributed by atoms with Crippen LogP contribution < -0.4 is 21.9 Å². The molecule has 6 N–H and O–H groups in total. The van der Waals surface area contributed by atoms with Crippen LogP contribution in [0.5, 0.6) is 0 Å². The second-order valence-electron chi connectivity index (χ2n) is 9.00. The Kier molecular flexibility index (Phi) is 8.66. The molecule has 0 bridgehead atoms. The molecule has 36 heavy (non-hydrogen) atoms. The first-order chi connectivity index (χ1) is 17.1. The second-order valence-corrected chi connectivity index (χ2v) is 9.00. The second kappa shape index (κ2) is 11.9. The summed E-state index contributed by atoms with van der Waals surface area (Å²) in [6, 6.07) is 10.1. The summed E-state index contributed by atoms with van der Waals surface area (Å²) in [7, 11) is 0. The van der Waals surface area contributed by atoms with E-state index in [1.165, 1.54) is 22.3 Å². The van der Waals surface area contributed by atoms with Gasteiger partial charge >= 0.3 is 6.09 Å². The van der Waals surface area contributed by atoms with Crippen LogP contribution in [0.3, 0.4) is 0 Å². The average molecular weight is 494 g/mol. The Morgan fingerprint density at radius 1 is 1.19 bits per heavy atom. The molecule has 0 radical (unpaired) electrons. The lowest BCUT2D eigenvalue weighted by molar-refractivity contribution is -0.118. The first-order valence-electron chi connectivity index (χ1n) is 11.7. The summed E-state index contributed by atoms with van der Waals surface area (Å²) in [4.78, 5) is 51.2. The molecule has 10 heteroatoms. The number of amides is 3. The van der Waals surface area contributed by atoms with Gasteiger partial charge in [-0.25, -0.2) is 4.79 Å². The van der Waals surface area contributed by atoms with Crippen LogP contribution in [0.25, 0.3) is 10.9 Å². The van der Waals surface area contributed by atoms with Gasteiger partial charge in [0.05, 0.1) is 6.54 Å². The van der Waals surface area contributed by atoms with E-state index < -0.39 is 29.5 Å². The number of fused-ring (bicyclic) bond motifs is 1. The molecule has 0 fully saturated rings. The molecule has 3 amide bonds. The van der Waals surface area contributed by atoms with Crippen molar-refractivity contribution < 1.29 is 19.5 Å². The summed E-state index contributed by atoms with van der Waals surface area (Å²) in [5.41, 5.74) is 7.75. The van der Waals surface area contributed by atoms with Crippen molar-refractivity contribution in [1.82, 2.24) is 14.9 Å². The zero-order valence-corrected chi connectivity index (χ0v) is 20.3. The number of pyridine rings is 1. The molecule has 0 saturated carbocycles. The number of nitrogens with two attached hydrogens (primary N) is 1. The number of rotatable bonds is 11. The lowest BCUT2D eigenvalue weighted by atomic mass is 10.0. The number of nitrogens with one attached hydrogen (secondary N) is 3. The highest BCUT2D eigenvalue weighted by molar-refractivity contribution is 5.96. The predicted molar refractivity (Wildman–Crippen MR) is 138 cm³/mol. The fourth-order valence-corrected chi connectivity index (χ4v) is 4.01. The van der Waals surface area contributed by atoms with Crippen molar-refractivity contribution in [2.24, 2.45) is 11.7 Å². The first-order valence-corrected chi connectivity index (χ1v) is 11.7. The minimum absolute atomic E-state index is 0.0315. The third-order valence-electron chi connectivity index (χ3n) is 5.56. The van der Waals surface area contributed by atoms with E-state index in [4.69, 9.17) is 10.8 Å². The molecule has 3 aromatic rings. The zero-order chi connectivity index (χ0) is 26.2. The number of aromatic amines is 1. The van der Waals surface area contributed by atoms with Gasteiger partial charge in [-0.15, -0.1) is 0 Å². The van der Waals surface area contributed by atoms with Crippen LogP contribution in [0, 0.1) is 5.92 Å². The Balaban J connectivity index is 1.77. The topological polar surface area (TPSA) is 159 Å². The maximum atomic E-state index is 13.1. The Morgan fingerprint density at radius 3 is 2.67 bits per heavy atom. The Labute approximate surface area is 208 Å². The number of carbonyl (C=O) groups is 3. The number of benzene rings is 1. The smallest absolute Gasteiger partial charge is 0.405 e. The summed E-state index contributed by atoms with van der Waals surface area (Å²) >= 11 is 0. The van der Waals surface area contributed by atoms with Gasteiger partial charge in [0.15, 0.2) is 0 Å². The number of para-hydroxylation sites is 1. The van der Waals surface area contributed by atoms with E-state index in [-0.39, 0.29) is 25.1 Å². The molecule has 3 rings (SSSR count). The quantitative estimate of drug-likeness (QED) is 0.259. The Hall–Kier alpha value is -4.34. The normalized spacial score (nSPS) is 12.2. The summed E-state index contributed by atoms with van der Waals surface area (Å²) in [6.07, 6.45) is 4.09. The number of aromatic nitrogens is 2. The molecule has 190 valence electrons. The Morgan fingerprint density at radius 2 is 1.97 bits per heavy atom. The van der Waals surface area contributed by atoms with Crippen LogP contribution >= 0.6 is 0 Å². The van der Waals surface area contributed by atoms with Crippen LogP contribution in [0.15, 0.2) is 59.5 Å². The number of carbonyl (C=O) groups excluding carboxylic acids is 2. The summed E-state index contributed by atoms with van der Waals surface area (Å²) < 4.78 is 1.47. The van der Waals surface area contributed by atoms with E-state index in [1.807, 2.05) is 18.2 Å². The Bertz CT molecular complexity index is 1340. The van der Waals surface area contributed by atoms with Crippen molar-refractivity contribution in [1.29, 1.82) is 0 Å². The van der Waals surface area contributed by atoms with Crippen LogP contribution in [0.2, 0.25) is 0 Å². The van der Waals surface area contributed by atoms with Crippen molar-refractivity contribution in [3.05, 3.63) is 76.4 Å². The van der Waals surface area contributed by atoms with Crippen LogP contribution in [0.1, 0.15) is 37.9 Å². The number of nitrogens with zero attached hydrogens (tertiary/aromatic N) is 1. The number of primary amides is 1. The van der Waals surface area contributed by atoms with Crippen molar-refractivity contribution >= 4 is 34.5 Å². The molecular weight excluding hydrogens is 462 g/mol. The van der Waals surface area contributed by atoms with Crippen molar-refractivity contribution in [3.8, 4) is 0 Å². The van der Waals surface area contributed by atoms with Gasteiger partial charge in [-0.3, -0.25) is 14.4 Å². The SMILES string of the molecule is CC(C)Cc1cccc2cc(Cn3cccc(NC(=O)C(CCC=CC(N)=O)NC(=O)O)c3=O)[nH]c12. The van der Waals surface area contributed by atoms with Gasteiger partial charge in [-0.1, -0.05) is 38.1 Å². The zero-order valence-electron chi connectivity index (χ0n) is 20.3. The number of anilines is 1. The fraction of sp³-hybridized carbons (Fsp3) is 0.308. The highest BCUT2D eigenvalue weighted by atomic mass is 16.4. The van der Waals surface area contributed by atoms with E-state index in [0.717, 1.165) is 29.1 Å². The molecule has 0 aliphatic heterocycles. The molecule has 2 aromatic heterocycles. The first kappa shape index (κ1) is 26.3. The number of H-pyrrole nitrogens is 1. The minimum atomic E-state index is -1.38. The van der Waals surface area contributed by atoms with E-state index in [1.54, 1.807) is 12.3 Å². The molecule has 1 atom stereocenters. The predicted octanol–water partition coefficient (Wildman–Crippen LogP) is 2.97. The highest BCUT2D eigenvalue weighted by Crippen LogP contribution is 2.22. The molecule has 1 unspecified atom stereocenters. The number of carboxylic acid groups (broad SMARTS) is 1. The van der Waals surface area contributed by atoms with Gasteiger partial charge in [0, 0.05) is 17.4 Å². The van der Waals surface area contributed by atoms with Gasteiger partial charge in [0.25, 0.3) is 5.56 Å². The molecule has 2 heterocycles. The highest BCUT2D eigenvalue weighted by Gasteiger charge is 2.21. The summed E-state index contributed by atoms with van der Waals surface area (Å²) in [5, 5.41) is 14.8. The van der Waals surface area contributed by atoms with Gasteiger partial charge in [0.2, 0.25) is 11.8 Å². The number of hydrogen-bond donors (Lipinski definition) is 5. The summed E-state index contributed by atoms with van der Waals surface area (Å²) in [6.45, 7) is 4.60. The van der Waals surface area contributed by atoms with Gasteiger partial charge < -0.3 is 31.0 Å².